The maximum absolute atomic E-state index is 5.73. The average molecular weight is 283 g/mol. The lowest BCUT2D eigenvalue weighted by molar-refractivity contribution is 0.397. The largest absolute Gasteiger partial charge is 0.496 e. The highest BCUT2D eigenvalue weighted by atomic mass is 31.1. The third-order valence-corrected chi connectivity index (χ3v) is 5.39. The lowest BCUT2D eigenvalue weighted by Crippen LogP contribution is -2.13. The Kier molecular flexibility index (Phi) is 5.83. The summed E-state index contributed by atoms with van der Waals surface area (Å²) in [5.74, 6) is 0.978. The number of benzene rings is 1. The molecule has 0 spiro atoms. The molecule has 101 valence electrons. The Hall–Kier alpha value is -0.373. The van der Waals surface area contributed by atoms with Crippen LogP contribution in [-0.2, 0) is 15.8 Å². The summed E-state index contributed by atoms with van der Waals surface area (Å²) in [4.78, 5) is 0. The predicted octanol–water partition coefficient (Wildman–Crippen LogP) is 4.35. The molecule has 0 saturated carbocycles. The van der Waals surface area contributed by atoms with Gasteiger partial charge < -0.3 is 8.95 Å². The van der Waals surface area contributed by atoms with Crippen LogP contribution in [0.25, 0.3) is 0 Å². The van der Waals surface area contributed by atoms with Crippen molar-refractivity contribution in [2.45, 2.75) is 45.4 Å². The smallest absolute Gasteiger partial charge is 0.210 e. The molecule has 0 amide bonds. The number of hydrogen-bond acceptors (Lipinski definition) is 2. The Bertz CT molecular complexity index is 386. The summed E-state index contributed by atoms with van der Waals surface area (Å²) in [6, 6.07) is 6.47. The highest BCUT2D eigenvalue weighted by Crippen LogP contribution is 2.33. The van der Waals surface area contributed by atoms with Crippen molar-refractivity contribution in [3.8, 4) is 5.75 Å². The van der Waals surface area contributed by atoms with Crippen LogP contribution in [0, 0.1) is 0 Å². The quantitative estimate of drug-likeness (QED) is 0.590. The molecule has 1 rings (SSSR count). The van der Waals surface area contributed by atoms with Crippen LogP contribution < -0.4 is 4.74 Å². The van der Waals surface area contributed by atoms with Gasteiger partial charge in [-0.3, -0.25) is 0 Å². The van der Waals surface area contributed by atoms with Crippen molar-refractivity contribution in [1.29, 1.82) is 0 Å². The van der Waals surface area contributed by atoms with Crippen LogP contribution in [0.2, 0.25) is 13.1 Å². The van der Waals surface area contributed by atoms with Crippen molar-refractivity contribution in [1.82, 2.24) is 0 Å². The fraction of sp³-hybridized carbons (Fsp3) is 0.571. The third kappa shape index (κ3) is 4.72. The molecule has 0 aliphatic rings. The molecule has 18 heavy (non-hydrogen) atoms. The molecule has 0 N–H and O–H groups in total. The number of hydrogen-bond donors (Lipinski definition) is 0. The average Bonchev–Trinajstić information content (AvgIpc) is 2.27. The second kappa shape index (κ2) is 6.69. The van der Waals surface area contributed by atoms with Gasteiger partial charge in [-0.05, 0) is 35.7 Å². The van der Waals surface area contributed by atoms with Crippen LogP contribution in [0.3, 0.4) is 0 Å². The third-order valence-electron chi connectivity index (χ3n) is 2.62. The molecule has 1 aromatic rings. The molecule has 1 unspecified atom stereocenters. The first-order valence-corrected chi connectivity index (χ1v) is 9.74. The van der Waals surface area contributed by atoms with Crippen LogP contribution in [0.4, 0.5) is 0 Å². The lowest BCUT2D eigenvalue weighted by Gasteiger charge is -2.23. The lowest BCUT2D eigenvalue weighted by atomic mass is 9.85. The first-order valence-electron chi connectivity index (χ1n) is 6.22. The predicted molar refractivity (Wildman–Crippen MR) is 82.3 cm³/mol. The first-order chi connectivity index (χ1) is 8.34. The van der Waals surface area contributed by atoms with Gasteiger partial charge in [0, 0.05) is 15.0 Å². The van der Waals surface area contributed by atoms with Gasteiger partial charge in [-0.25, -0.2) is 0 Å². The maximum atomic E-state index is 5.73. The zero-order chi connectivity index (χ0) is 13.8. The van der Waals surface area contributed by atoms with Gasteiger partial charge in [0.1, 0.15) is 5.75 Å². The van der Waals surface area contributed by atoms with Gasteiger partial charge in [0.15, 0.2) is 0 Å². The van der Waals surface area contributed by atoms with Crippen LogP contribution in [-0.4, -0.2) is 16.2 Å². The van der Waals surface area contributed by atoms with Crippen LogP contribution in [0.15, 0.2) is 18.2 Å². The van der Waals surface area contributed by atoms with Crippen molar-refractivity contribution in [2.24, 2.45) is 0 Å². The second-order valence-corrected chi connectivity index (χ2v) is 8.89. The van der Waals surface area contributed by atoms with E-state index in [4.69, 9.17) is 8.95 Å². The molecule has 1 radical (unpaired) electrons. The summed E-state index contributed by atoms with van der Waals surface area (Å²) in [5.41, 5.74) is 2.71. The summed E-state index contributed by atoms with van der Waals surface area (Å²) in [5, 5.41) is 0. The molecular weight excluding hydrogens is 259 g/mol. The molecule has 4 heteroatoms. The molecule has 0 saturated heterocycles. The van der Waals surface area contributed by atoms with Gasteiger partial charge in [-0.2, -0.15) is 0 Å². The summed E-state index contributed by atoms with van der Waals surface area (Å²) < 4.78 is 11.2. The Morgan fingerprint density at radius 1 is 1.22 bits per heavy atom. The van der Waals surface area contributed by atoms with Crippen molar-refractivity contribution in [3.05, 3.63) is 29.3 Å². The van der Waals surface area contributed by atoms with E-state index >= 15 is 0 Å². The second-order valence-electron chi connectivity index (χ2n) is 5.62. The Morgan fingerprint density at radius 3 is 2.39 bits per heavy atom. The SMILES string of the molecule is COc1ccc(CPO[Si](C)C)cc1C(C)(C)C. The zero-order valence-electron chi connectivity index (χ0n) is 12.3. The molecule has 0 fully saturated rings. The molecular formula is C14H24O2PSi. The van der Waals surface area contributed by atoms with Gasteiger partial charge in [0.2, 0.25) is 9.04 Å². The van der Waals surface area contributed by atoms with Gasteiger partial charge >= 0.3 is 0 Å². The number of methoxy groups -OCH3 is 1. The van der Waals surface area contributed by atoms with Gasteiger partial charge in [-0.15, -0.1) is 0 Å². The molecule has 1 atom stereocenters. The maximum Gasteiger partial charge on any atom is 0.210 e. The normalized spacial score (nSPS) is 12.6. The van der Waals surface area contributed by atoms with E-state index in [1.165, 1.54) is 11.1 Å². The Morgan fingerprint density at radius 2 is 1.89 bits per heavy atom. The molecule has 0 bridgehead atoms. The minimum Gasteiger partial charge on any atom is -0.496 e. The number of ether oxygens (including phenoxy) is 1. The molecule has 1 aromatic carbocycles. The van der Waals surface area contributed by atoms with Crippen molar-refractivity contribution < 1.29 is 8.95 Å². The summed E-state index contributed by atoms with van der Waals surface area (Å²) in [7, 11) is 1.74. The van der Waals surface area contributed by atoms with E-state index in [1.54, 1.807) is 7.11 Å². The minimum atomic E-state index is -0.567. The molecule has 0 heterocycles. The zero-order valence-corrected chi connectivity index (χ0v) is 14.3. The van der Waals surface area contributed by atoms with Crippen molar-refractivity contribution >= 4 is 17.8 Å². The molecule has 2 nitrogen and oxygen atoms in total. The molecule has 0 aliphatic heterocycles. The Labute approximate surface area is 115 Å². The van der Waals surface area contributed by atoms with E-state index in [1.807, 2.05) is 0 Å². The van der Waals surface area contributed by atoms with E-state index in [0.29, 0.717) is 8.81 Å². The molecule has 0 aliphatic carbocycles. The van der Waals surface area contributed by atoms with E-state index in [9.17, 15) is 0 Å². The van der Waals surface area contributed by atoms with Crippen LogP contribution >= 0.6 is 8.81 Å². The highest BCUT2D eigenvalue weighted by molar-refractivity contribution is 7.33. The van der Waals surface area contributed by atoms with Gasteiger partial charge in [0.25, 0.3) is 0 Å². The topological polar surface area (TPSA) is 18.5 Å². The van der Waals surface area contributed by atoms with Crippen LogP contribution in [0.1, 0.15) is 31.9 Å². The summed E-state index contributed by atoms with van der Waals surface area (Å²) >= 11 is 0. The van der Waals surface area contributed by atoms with E-state index in [0.717, 1.165) is 11.9 Å². The first kappa shape index (κ1) is 15.7. The van der Waals surface area contributed by atoms with E-state index < -0.39 is 9.04 Å². The Balaban J connectivity index is 2.83. The fourth-order valence-electron chi connectivity index (χ4n) is 1.71. The molecule has 0 aromatic heterocycles. The minimum absolute atomic E-state index is 0.107. The van der Waals surface area contributed by atoms with Gasteiger partial charge in [-0.1, -0.05) is 32.9 Å². The van der Waals surface area contributed by atoms with E-state index in [2.05, 4.69) is 52.1 Å². The highest BCUT2D eigenvalue weighted by Gasteiger charge is 2.19. The summed E-state index contributed by atoms with van der Waals surface area (Å²) in [6.07, 6.45) is 1.00. The number of rotatable bonds is 5. The van der Waals surface area contributed by atoms with E-state index in [-0.39, 0.29) is 5.41 Å². The van der Waals surface area contributed by atoms with Gasteiger partial charge in [0.05, 0.1) is 7.11 Å². The fourth-order valence-corrected chi connectivity index (χ4v) is 3.54. The monoisotopic (exact) mass is 283 g/mol. The summed E-state index contributed by atoms with van der Waals surface area (Å²) in [6.45, 7) is 11.0. The van der Waals surface area contributed by atoms with Crippen molar-refractivity contribution in [3.63, 3.8) is 0 Å². The van der Waals surface area contributed by atoms with Crippen LogP contribution in [0.5, 0.6) is 5.75 Å². The standard InChI is InChI=1S/C14H24O2PSi/c1-14(2,3)12-9-11(7-8-13(12)15-4)10-17-16-18(5)6/h7-9,17H,10H2,1-6H3. The van der Waals surface area contributed by atoms with Crippen molar-refractivity contribution in [2.75, 3.05) is 7.11 Å².